The highest BCUT2D eigenvalue weighted by atomic mass is 19.4. The fourth-order valence-corrected chi connectivity index (χ4v) is 0.867. The van der Waals surface area contributed by atoms with Crippen LogP contribution in [0, 0.1) is 0 Å². The molecule has 0 saturated carbocycles. The number of nitrogen functional groups attached to an aromatic ring is 1. The number of aliphatic hydroxyl groups excluding tert-OH is 1. The molecule has 13 heavy (non-hydrogen) atoms. The minimum atomic E-state index is -4.63. The number of anilines is 1. The third-order valence-corrected chi connectivity index (χ3v) is 1.56. The molecule has 1 atom stereocenters. The Kier molecular flexibility index (Phi) is 2.47. The lowest BCUT2D eigenvalue weighted by molar-refractivity contribution is -0.206. The van der Waals surface area contributed by atoms with Crippen molar-refractivity contribution in [3.05, 3.63) is 29.8 Å². The minimum Gasteiger partial charge on any atom is -0.399 e. The molecular weight excluding hydrogens is 183 g/mol. The number of nitrogens with two attached hydrogens (primary N) is 1. The lowest BCUT2D eigenvalue weighted by Gasteiger charge is -2.14. The second-order valence-electron chi connectivity index (χ2n) is 2.61. The Labute approximate surface area is 72.8 Å². The van der Waals surface area contributed by atoms with Crippen LogP contribution in [0.2, 0.25) is 0 Å². The lowest BCUT2D eigenvalue weighted by Crippen LogP contribution is -2.20. The first kappa shape index (κ1) is 9.85. The Morgan fingerprint density at radius 1 is 1.15 bits per heavy atom. The Hall–Kier alpha value is -1.23. The van der Waals surface area contributed by atoms with Gasteiger partial charge in [0.2, 0.25) is 0 Å². The van der Waals surface area contributed by atoms with Crippen LogP contribution >= 0.6 is 0 Å². The van der Waals surface area contributed by atoms with Gasteiger partial charge >= 0.3 is 6.18 Å². The second kappa shape index (κ2) is 3.26. The second-order valence-corrected chi connectivity index (χ2v) is 2.61. The van der Waals surface area contributed by atoms with E-state index in [0.717, 1.165) is 12.1 Å². The Bertz CT molecular complexity index is 280. The van der Waals surface area contributed by atoms with Gasteiger partial charge in [-0.1, -0.05) is 12.1 Å². The van der Waals surface area contributed by atoms with Crippen molar-refractivity contribution in [2.45, 2.75) is 12.3 Å². The molecule has 0 bridgehead atoms. The molecule has 0 amide bonds. The van der Waals surface area contributed by atoms with Crippen LogP contribution in [0.15, 0.2) is 24.3 Å². The van der Waals surface area contributed by atoms with E-state index in [2.05, 4.69) is 0 Å². The third-order valence-electron chi connectivity index (χ3n) is 1.56. The average Bonchev–Trinajstić information content (AvgIpc) is 2.03. The zero-order chi connectivity index (χ0) is 10.1. The van der Waals surface area contributed by atoms with Gasteiger partial charge in [-0.25, -0.2) is 0 Å². The SMILES string of the molecule is Nc1ccc([C@H](O)C(F)(F)F)cc1. The average molecular weight is 191 g/mol. The number of aliphatic hydroxyl groups is 1. The summed E-state index contributed by atoms with van der Waals surface area (Å²) in [5, 5.41) is 8.78. The summed E-state index contributed by atoms with van der Waals surface area (Å²) in [7, 11) is 0. The normalized spacial score (nSPS) is 14.2. The fourth-order valence-electron chi connectivity index (χ4n) is 0.867. The lowest BCUT2D eigenvalue weighted by atomic mass is 10.1. The van der Waals surface area contributed by atoms with E-state index in [1.807, 2.05) is 0 Å². The molecule has 2 nitrogen and oxygen atoms in total. The van der Waals surface area contributed by atoms with Gasteiger partial charge in [0.15, 0.2) is 6.10 Å². The maximum atomic E-state index is 12.0. The van der Waals surface area contributed by atoms with E-state index in [0.29, 0.717) is 5.69 Å². The number of alkyl halides is 3. The molecule has 1 rings (SSSR count). The van der Waals surface area contributed by atoms with Crippen LogP contribution in [0.25, 0.3) is 0 Å². The van der Waals surface area contributed by atoms with Crippen molar-refractivity contribution in [1.82, 2.24) is 0 Å². The van der Waals surface area contributed by atoms with Crippen LogP contribution in [-0.4, -0.2) is 11.3 Å². The molecule has 0 aliphatic rings. The first-order valence-corrected chi connectivity index (χ1v) is 3.51. The molecule has 0 spiro atoms. The fraction of sp³-hybridized carbons (Fsp3) is 0.250. The zero-order valence-corrected chi connectivity index (χ0v) is 6.55. The summed E-state index contributed by atoms with van der Waals surface area (Å²) in [6.07, 6.45) is -7.07. The van der Waals surface area contributed by atoms with Crippen LogP contribution in [0.3, 0.4) is 0 Å². The van der Waals surface area contributed by atoms with E-state index in [4.69, 9.17) is 10.8 Å². The van der Waals surface area contributed by atoms with E-state index in [1.54, 1.807) is 0 Å². The zero-order valence-electron chi connectivity index (χ0n) is 6.55. The van der Waals surface area contributed by atoms with E-state index >= 15 is 0 Å². The molecule has 5 heteroatoms. The van der Waals surface area contributed by atoms with E-state index in [1.165, 1.54) is 12.1 Å². The van der Waals surface area contributed by atoms with E-state index in [9.17, 15) is 13.2 Å². The van der Waals surface area contributed by atoms with Crippen molar-refractivity contribution in [1.29, 1.82) is 0 Å². The largest absolute Gasteiger partial charge is 0.418 e. The minimum absolute atomic E-state index is 0.207. The highest BCUT2D eigenvalue weighted by molar-refractivity contribution is 5.40. The highest BCUT2D eigenvalue weighted by Gasteiger charge is 2.39. The number of benzene rings is 1. The monoisotopic (exact) mass is 191 g/mol. The summed E-state index contributed by atoms with van der Waals surface area (Å²) in [5.41, 5.74) is 5.43. The first-order chi connectivity index (χ1) is 5.91. The third kappa shape index (κ3) is 2.35. The quantitative estimate of drug-likeness (QED) is 0.665. The van der Waals surface area contributed by atoms with Gasteiger partial charge in [-0.05, 0) is 17.7 Å². The molecule has 0 aliphatic carbocycles. The van der Waals surface area contributed by atoms with Crippen LogP contribution in [-0.2, 0) is 0 Å². The Morgan fingerprint density at radius 3 is 2.00 bits per heavy atom. The number of rotatable bonds is 1. The van der Waals surface area contributed by atoms with Gasteiger partial charge in [-0.2, -0.15) is 13.2 Å². The van der Waals surface area contributed by atoms with E-state index in [-0.39, 0.29) is 5.56 Å². The van der Waals surface area contributed by atoms with Crippen molar-refractivity contribution in [3.63, 3.8) is 0 Å². The summed E-state index contributed by atoms with van der Waals surface area (Å²) < 4.78 is 35.9. The summed E-state index contributed by atoms with van der Waals surface area (Å²) >= 11 is 0. The van der Waals surface area contributed by atoms with Gasteiger partial charge in [-0.3, -0.25) is 0 Å². The molecule has 0 aromatic heterocycles. The molecule has 0 radical (unpaired) electrons. The van der Waals surface area contributed by atoms with Crippen LogP contribution in [0.1, 0.15) is 11.7 Å². The molecular formula is C8H8F3NO. The molecule has 0 unspecified atom stereocenters. The van der Waals surface area contributed by atoms with Gasteiger partial charge in [0.25, 0.3) is 0 Å². The number of hydrogen-bond acceptors (Lipinski definition) is 2. The summed E-state index contributed by atoms with van der Waals surface area (Å²) in [6, 6.07) is 4.91. The molecule has 3 N–H and O–H groups in total. The Balaban J connectivity index is 2.90. The van der Waals surface area contributed by atoms with E-state index < -0.39 is 12.3 Å². The van der Waals surface area contributed by atoms with Crippen molar-refractivity contribution in [2.75, 3.05) is 5.73 Å². The van der Waals surface area contributed by atoms with Gasteiger partial charge in [0.1, 0.15) is 0 Å². The van der Waals surface area contributed by atoms with Crippen LogP contribution in [0.5, 0.6) is 0 Å². The standard InChI is InChI=1S/C8H8F3NO/c9-8(10,11)7(13)5-1-3-6(12)4-2-5/h1-4,7,13H,12H2/t7-/m0/s1. The number of hydrogen-bond donors (Lipinski definition) is 2. The highest BCUT2D eigenvalue weighted by Crippen LogP contribution is 2.32. The van der Waals surface area contributed by atoms with Gasteiger partial charge < -0.3 is 10.8 Å². The van der Waals surface area contributed by atoms with Gasteiger partial charge in [-0.15, -0.1) is 0 Å². The van der Waals surface area contributed by atoms with Gasteiger partial charge in [0, 0.05) is 5.69 Å². The predicted octanol–water partition coefficient (Wildman–Crippen LogP) is 1.86. The van der Waals surface area contributed by atoms with Crippen LogP contribution < -0.4 is 5.73 Å². The summed E-state index contributed by atoms with van der Waals surface area (Å²) in [6.45, 7) is 0. The molecule has 0 fully saturated rings. The smallest absolute Gasteiger partial charge is 0.399 e. The molecule has 0 heterocycles. The molecule has 0 saturated heterocycles. The van der Waals surface area contributed by atoms with Crippen LogP contribution in [0.4, 0.5) is 18.9 Å². The van der Waals surface area contributed by atoms with Crippen molar-refractivity contribution in [3.8, 4) is 0 Å². The molecule has 0 aliphatic heterocycles. The predicted molar refractivity (Wildman–Crippen MR) is 41.9 cm³/mol. The first-order valence-electron chi connectivity index (χ1n) is 3.51. The Morgan fingerprint density at radius 2 is 1.62 bits per heavy atom. The maximum absolute atomic E-state index is 12.0. The molecule has 1 aromatic rings. The van der Waals surface area contributed by atoms with Gasteiger partial charge in [0.05, 0.1) is 0 Å². The molecule has 72 valence electrons. The number of halogens is 3. The van der Waals surface area contributed by atoms with Crippen molar-refractivity contribution < 1.29 is 18.3 Å². The van der Waals surface area contributed by atoms with Crippen molar-refractivity contribution >= 4 is 5.69 Å². The van der Waals surface area contributed by atoms with Crippen molar-refractivity contribution in [2.24, 2.45) is 0 Å². The topological polar surface area (TPSA) is 46.2 Å². The summed E-state index contributed by atoms with van der Waals surface area (Å²) in [5.74, 6) is 0. The maximum Gasteiger partial charge on any atom is 0.418 e. The summed E-state index contributed by atoms with van der Waals surface area (Å²) in [4.78, 5) is 0. The molecule has 1 aromatic carbocycles.